The van der Waals surface area contributed by atoms with Crippen molar-refractivity contribution in [3.63, 3.8) is 0 Å². The number of pyridine rings is 1. The molecule has 0 spiro atoms. The number of carbonyl (C=O) groups excluding carboxylic acids is 1. The quantitative estimate of drug-likeness (QED) is 0.802. The summed E-state index contributed by atoms with van der Waals surface area (Å²) in [5.74, 6) is 0.0859. The second kappa shape index (κ2) is 7.42. The van der Waals surface area contributed by atoms with Gasteiger partial charge in [-0.25, -0.2) is 4.98 Å². The normalized spacial score (nSPS) is 18.0. The van der Waals surface area contributed by atoms with Crippen molar-refractivity contribution in [2.75, 3.05) is 33.5 Å². The minimum Gasteiger partial charge on any atom is -0.471 e. The second-order valence-electron chi connectivity index (χ2n) is 4.36. The number of nitrogens with one attached hydrogen (secondary N) is 1. The molecule has 20 heavy (non-hydrogen) atoms. The topological polar surface area (TPSA) is 69.7 Å². The van der Waals surface area contributed by atoms with Crippen LogP contribution in [-0.4, -0.2) is 50.5 Å². The molecule has 1 aromatic rings. The molecule has 0 radical (unpaired) electrons. The number of hydrogen-bond donors (Lipinski definition) is 1. The van der Waals surface area contributed by atoms with Gasteiger partial charge in [0.05, 0.1) is 25.4 Å². The van der Waals surface area contributed by atoms with Gasteiger partial charge in [-0.2, -0.15) is 0 Å². The van der Waals surface area contributed by atoms with E-state index in [1.165, 1.54) is 6.20 Å². The summed E-state index contributed by atoms with van der Waals surface area (Å²) in [5, 5.41) is 3.01. The summed E-state index contributed by atoms with van der Waals surface area (Å²) in [6.07, 6.45) is 2.23. The Bertz CT molecular complexity index is 464. The number of hydrogen-bond acceptors (Lipinski definition) is 5. The minimum absolute atomic E-state index is 0.0265. The smallest absolute Gasteiger partial charge is 0.252 e. The summed E-state index contributed by atoms with van der Waals surface area (Å²) < 4.78 is 15.7. The Morgan fingerprint density at radius 3 is 3.15 bits per heavy atom. The van der Waals surface area contributed by atoms with Gasteiger partial charge in [-0.3, -0.25) is 4.79 Å². The highest BCUT2D eigenvalue weighted by atomic mass is 35.5. The average Bonchev–Trinajstić information content (AvgIpc) is 2.94. The molecule has 1 unspecified atom stereocenters. The number of aromatic nitrogens is 1. The van der Waals surface area contributed by atoms with Crippen LogP contribution in [0.3, 0.4) is 0 Å². The molecule has 1 aromatic heterocycles. The van der Waals surface area contributed by atoms with Crippen LogP contribution in [0.15, 0.2) is 12.3 Å². The Balaban J connectivity index is 1.95. The largest absolute Gasteiger partial charge is 0.471 e. The molecule has 0 saturated carbocycles. The molecular weight excluding hydrogens is 284 g/mol. The molecule has 110 valence electrons. The number of nitrogens with zero attached hydrogens (tertiary/aromatic N) is 1. The highest BCUT2D eigenvalue weighted by molar-refractivity contribution is 6.32. The standard InChI is InChI=1S/C13H17ClN2O4/c1-18-5-3-15-12(17)9-6-11(14)13(16-7-9)20-10-2-4-19-8-10/h6-7,10H,2-5,8H2,1H3,(H,15,17). The number of methoxy groups -OCH3 is 1. The SMILES string of the molecule is COCCNC(=O)c1cnc(OC2CCOC2)c(Cl)c1. The first-order chi connectivity index (χ1) is 9.70. The van der Waals surface area contributed by atoms with E-state index in [1.54, 1.807) is 13.2 Å². The number of amides is 1. The third kappa shape index (κ3) is 4.06. The van der Waals surface area contributed by atoms with E-state index in [1.807, 2.05) is 0 Å². The van der Waals surface area contributed by atoms with Crippen molar-refractivity contribution in [2.24, 2.45) is 0 Å². The number of halogens is 1. The third-order valence-electron chi connectivity index (χ3n) is 2.83. The Labute approximate surface area is 122 Å². The molecule has 0 aliphatic carbocycles. The maximum Gasteiger partial charge on any atom is 0.252 e. The van der Waals surface area contributed by atoms with Crippen LogP contribution >= 0.6 is 11.6 Å². The van der Waals surface area contributed by atoms with E-state index in [2.05, 4.69) is 10.3 Å². The lowest BCUT2D eigenvalue weighted by molar-refractivity contribution is 0.0936. The molecule has 7 heteroatoms. The van der Waals surface area contributed by atoms with Gasteiger partial charge < -0.3 is 19.5 Å². The summed E-state index contributed by atoms with van der Waals surface area (Å²) in [7, 11) is 1.57. The average molecular weight is 301 g/mol. The van der Waals surface area contributed by atoms with E-state index in [4.69, 9.17) is 25.8 Å². The van der Waals surface area contributed by atoms with Crippen molar-refractivity contribution in [3.8, 4) is 5.88 Å². The lowest BCUT2D eigenvalue weighted by atomic mass is 10.2. The van der Waals surface area contributed by atoms with Crippen LogP contribution in [0.1, 0.15) is 16.8 Å². The van der Waals surface area contributed by atoms with Gasteiger partial charge in [0.15, 0.2) is 0 Å². The molecule has 1 amide bonds. The fourth-order valence-electron chi connectivity index (χ4n) is 1.77. The van der Waals surface area contributed by atoms with Gasteiger partial charge >= 0.3 is 0 Å². The maximum absolute atomic E-state index is 11.8. The van der Waals surface area contributed by atoms with Gasteiger partial charge in [-0.15, -0.1) is 0 Å². The Morgan fingerprint density at radius 2 is 2.50 bits per heavy atom. The molecule has 1 saturated heterocycles. The van der Waals surface area contributed by atoms with Crippen LogP contribution < -0.4 is 10.1 Å². The van der Waals surface area contributed by atoms with Crippen LogP contribution in [0.4, 0.5) is 0 Å². The first-order valence-electron chi connectivity index (χ1n) is 6.38. The zero-order chi connectivity index (χ0) is 14.4. The highest BCUT2D eigenvalue weighted by Gasteiger charge is 2.19. The summed E-state index contributed by atoms with van der Waals surface area (Å²) in [6.45, 7) is 2.11. The van der Waals surface area contributed by atoms with E-state index in [-0.39, 0.29) is 12.0 Å². The zero-order valence-electron chi connectivity index (χ0n) is 11.2. The predicted octanol–water partition coefficient (Wildman–Crippen LogP) is 1.28. The van der Waals surface area contributed by atoms with Gasteiger partial charge in [0, 0.05) is 26.3 Å². The van der Waals surface area contributed by atoms with Crippen LogP contribution in [0, 0.1) is 0 Å². The van der Waals surface area contributed by atoms with Crippen molar-refractivity contribution in [2.45, 2.75) is 12.5 Å². The molecule has 1 aliphatic rings. The van der Waals surface area contributed by atoms with Gasteiger partial charge in [-0.05, 0) is 6.07 Å². The van der Waals surface area contributed by atoms with E-state index >= 15 is 0 Å². The van der Waals surface area contributed by atoms with Gasteiger partial charge in [0.25, 0.3) is 5.91 Å². The maximum atomic E-state index is 11.8. The molecular formula is C13H17ClN2O4. The number of carbonyl (C=O) groups is 1. The van der Waals surface area contributed by atoms with Crippen molar-refractivity contribution >= 4 is 17.5 Å². The molecule has 0 bridgehead atoms. The Hall–Kier alpha value is -1.37. The summed E-state index contributed by atoms with van der Waals surface area (Å²) in [4.78, 5) is 15.9. The van der Waals surface area contributed by atoms with Gasteiger partial charge in [0.1, 0.15) is 11.1 Å². The van der Waals surface area contributed by atoms with E-state index in [0.29, 0.717) is 42.8 Å². The van der Waals surface area contributed by atoms with Crippen molar-refractivity contribution in [1.82, 2.24) is 10.3 Å². The molecule has 6 nitrogen and oxygen atoms in total. The molecule has 1 aliphatic heterocycles. The van der Waals surface area contributed by atoms with E-state index in [9.17, 15) is 4.79 Å². The lowest BCUT2D eigenvalue weighted by Gasteiger charge is -2.12. The molecule has 0 aromatic carbocycles. The Kier molecular flexibility index (Phi) is 5.58. The third-order valence-corrected chi connectivity index (χ3v) is 3.10. The molecule has 1 fully saturated rings. The highest BCUT2D eigenvalue weighted by Crippen LogP contribution is 2.25. The lowest BCUT2D eigenvalue weighted by Crippen LogP contribution is -2.27. The van der Waals surface area contributed by atoms with Crippen LogP contribution in [-0.2, 0) is 9.47 Å². The van der Waals surface area contributed by atoms with Crippen molar-refractivity contribution < 1.29 is 19.0 Å². The molecule has 1 N–H and O–H groups in total. The summed E-state index contributed by atoms with van der Waals surface area (Å²) in [5.41, 5.74) is 0.390. The summed E-state index contributed by atoms with van der Waals surface area (Å²) in [6, 6.07) is 1.54. The number of ether oxygens (including phenoxy) is 3. The molecule has 2 rings (SSSR count). The predicted molar refractivity (Wildman–Crippen MR) is 73.3 cm³/mol. The monoisotopic (exact) mass is 300 g/mol. The second-order valence-corrected chi connectivity index (χ2v) is 4.77. The van der Waals surface area contributed by atoms with Gasteiger partial charge in [0.2, 0.25) is 5.88 Å². The first-order valence-corrected chi connectivity index (χ1v) is 6.75. The molecule has 2 heterocycles. The van der Waals surface area contributed by atoms with Crippen LogP contribution in [0.25, 0.3) is 0 Å². The molecule has 1 atom stereocenters. The van der Waals surface area contributed by atoms with E-state index < -0.39 is 0 Å². The summed E-state index contributed by atoms with van der Waals surface area (Å²) >= 11 is 6.08. The zero-order valence-corrected chi connectivity index (χ0v) is 12.0. The van der Waals surface area contributed by atoms with Crippen LogP contribution in [0.2, 0.25) is 5.02 Å². The minimum atomic E-state index is -0.243. The Morgan fingerprint density at radius 1 is 1.65 bits per heavy atom. The van der Waals surface area contributed by atoms with E-state index in [0.717, 1.165) is 6.42 Å². The fourth-order valence-corrected chi connectivity index (χ4v) is 1.98. The van der Waals surface area contributed by atoms with Crippen LogP contribution in [0.5, 0.6) is 5.88 Å². The number of rotatable bonds is 6. The van der Waals surface area contributed by atoms with Crippen molar-refractivity contribution in [1.29, 1.82) is 0 Å². The first kappa shape index (κ1) is 15.0. The fraction of sp³-hybridized carbons (Fsp3) is 0.538. The van der Waals surface area contributed by atoms with Crippen molar-refractivity contribution in [3.05, 3.63) is 22.8 Å². The van der Waals surface area contributed by atoms with Gasteiger partial charge in [-0.1, -0.05) is 11.6 Å².